The second-order valence-corrected chi connectivity index (χ2v) is 7.50. The maximum atomic E-state index is 13.2. The summed E-state index contributed by atoms with van der Waals surface area (Å²) in [4.78, 5) is 17.3. The molecule has 2 aromatic carbocycles. The van der Waals surface area contributed by atoms with Crippen LogP contribution in [-0.2, 0) is 4.79 Å². The molecule has 0 spiro atoms. The van der Waals surface area contributed by atoms with Crippen molar-refractivity contribution < 1.29 is 14.3 Å². The minimum atomic E-state index is -0.128. The van der Waals surface area contributed by atoms with Crippen molar-refractivity contribution in [2.24, 2.45) is 5.73 Å². The second kappa shape index (κ2) is 9.03. The summed E-state index contributed by atoms with van der Waals surface area (Å²) in [5.74, 6) is 1.74. The van der Waals surface area contributed by atoms with Crippen LogP contribution in [0.3, 0.4) is 0 Å². The van der Waals surface area contributed by atoms with Crippen LogP contribution in [0.4, 0.5) is 5.69 Å². The van der Waals surface area contributed by atoms with Gasteiger partial charge in [0.15, 0.2) is 0 Å². The Labute approximate surface area is 178 Å². The Hall–Kier alpha value is -2.28. The van der Waals surface area contributed by atoms with Crippen LogP contribution in [0, 0.1) is 0 Å². The summed E-state index contributed by atoms with van der Waals surface area (Å²) in [6.45, 7) is 2.24. The fourth-order valence-corrected chi connectivity index (χ4v) is 4.38. The van der Waals surface area contributed by atoms with Gasteiger partial charge in [-0.3, -0.25) is 9.69 Å². The van der Waals surface area contributed by atoms with Gasteiger partial charge in [-0.25, -0.2) is 0 Å². The summed E-state index contributed by atoms with van der Waals surface area (Å²) >= 11 is 0. The number of nitrogens with two attached hydrogens (primary N) is 1. The fraction of sp³-hybridized carbons (Fsp3) is 0.409. The molecule has 0 radical (unpaired) electrons. The number of halogens is 1. The monoisotopic (exact) mass is 417 g/mol. The summed E-state index contributed by atoms with van der Waals surface area (Å²) in [6, 6.07) is 15.8. The molecule has 2 N–H and O–H groups in total. The second-order valence-electron chi connectivity index (χ2n) is 7.50. The number of benzene rings is 2. The van der Waals surface area contributed by atoms with Crippen LogP contribution < -0.4 is 20.1 Å². The topological polar surface area (TPSA) is 68.0 Å². The normalized spacial score (nSPS) is 24.4. The molecule has 2 saturated heterocycles. The highest BCUT2D eigenvalue weighted by atomic mass is 35.5. The predicted octanol–water partition coefficient (Wildman–Crippen LogP) is 2.66. The van der Waals surface area contributed by atoms with Crippen molar-refractivity contribution in [2.75, 3.05) is 38.8 Å². The van der Waals surface area contributed by atoms with E-state index < -0.39 is 0 Å². The fourth-order valence-electron chi connectivity index (χ4n) is 4.38. The Kier molecular flexibility index (Phi) is 6.67. The molecule has 2 aliphatic heterocycles. The first-order valence-electron chi connectivity index (χ1n) is 9.69. The zero-order valence-electron chi connectivity index (χ0n) is 16.8. The van der Waals surface area contributed by atoms with Gasteiger partial charge in [0, 0.05) is 49.8 Å². The highest BCUT2D eigenvalue weighted by Crippen LogP contribution is 2.34. The summed E-state index contributed by atoms with van der Waals surface area (Å²) in [5, 5.41) is 0. The molecule has 0 saturated carbocycles. The average molecular weight is 418 g/mol. The minimum Gasteiger partial charge on any atom is -0.497 e. The highest BCUT2D eigenvalue weighted by Gasteiger charge is 2.42. The average Bonchev–Trinajstić information content (AvgIpc) is 3.30. The van der Waals surface area contributed by atoms with Gasteiger partial charge in [-0.05, 0) is 12.0 Å². The number of anilines is 1. The van der Waals surface area contributed by atoms with E-state index in [4.69, 9.17) is 15.2 Å². The molecule has 29 heavy (non-hydrogen) atoms. The van der Waals surface area contributed by atoms with Crippen LogP contribution >= 0.6 is 12.4 Å². The van der Waals surface area contributed by atoms with Gasteiger partial charge in [0.25, 0.3) is 0 Å². The smallest absolute Gasteiger partial charge is 0.244 e. The summed E-state index contributed by atoms with van der Waals surface area (Å²) < 4.78 is 10.7. The first-order chi connectivity index (χ1) is 13.6. The molecule has 2 heterocycles. The van der Waals surface area contributed by atoms with Gasteiger partial charge >= 0.3 is 0 Å². The third-order valence-electron chi connectivity index (χ3n) is 5.89. The van der Waals surface area contributed by atoms with E-state index in [-0.39, 0.29) is 36.3 Å². The molecular formula is C22H28ClN3O3. The van der Waals surface area contributed by atoms with Gasteiger partial charge in [-0.2, -0.15) is 0 Å². The molecule has 1 amide bonds. The number of carbonyl (C=O) groups excluding carboxylic acids is 1. The molecule has 0 aliphatic carbocycles. The standard InChI is InChI=1S/C22H27N3O3.ClH/c1-27-17-10-16(11-18(12-17)28-2)25-9-8-21(22(25)26)24-13-19(20(23)14-24)15-6-4-3-5-7-15;/h3-7,10-12,19-21H,8-9,13-14,23H2,1-2H3;1H/t19-,20+,21?;/m0./s1. The highest BCUT2D eigenvalue weighted by molar-refractivity contribution is 5.99. The molecule has 2 aromatic rings. The van der Waals surface area contributed by atoms with Crippen molar-refractivity contribution in [3.8, 4) is 11.5 Å². The number of ether oxygens (including phenoxy) is 2. The van der Waals surface area contributed by atoms with Crippen molar-refractivity contribution in [3.05, 3.63) is 54.1 Å². The number of rotatable bonds is 5. The Morgan fingerprint density at radius 3 is 2.28 bits per heavy atom. The largest absolute Gasteiger partial charge is 0.497 e. The quantitative estimate of drug-likeness (QED) is 0.810. The first-order valence-corrected chi connectivity index (χ1v) is 9.69. The molecule has 2 fully saturated rings. The summed E-state index contributed by atoms with van der Waals surface area (Å²) in [5.41, 5.74) is 8.50. The first kappa shape index (κ1) is 21.4. The molecule has 0 aromatic heterocycles. The van der Waals surface area contributed by atoms with Gasteiger partial charge in [0.2, 0.25) is 5.91 Å². The number of hydrogen-bond donors (Lipinski definition) is 1. The van der Waals surface area contributed by atoms with Crippen LogP contribution in [0.2, 0.25) is 0 Å². The number of hydrogen-bond acceptors (Lipinski definition) is 5. The van der Waals surface area contributed by atoms with Crippen LogP contribution in [-0.4, -0.2) is 56.7 Å². The Bertz CT molecular complexity index is 826. The molecule has 6 nitrogen and oxygen atoms in total. The molecule has 7 heteroatoms. The van der Waals surface area contributed by atoms with E-state index in [0.717, 1.165) is 25.2 Å². The summed E-state index contributed by atoms with van der Waals surface area (Å²) in [7, 11) is 3.23. The van der Waals surface area contributed by atoms with E-state index in [1.54, 1.807) is 14.2 Å². The van der Waals surface area contributed by atoms with E-state index in [1.807, 2.05) is 41.3 Å². The van der Waals surface area contributed by atoms with E-state index in [2.05, 4.69) is 17.0 Å². The van der Waals surface area contributed by atoms with E-state index in [1.165, 1.54) is 5.56 Å². The zero-order chi connectivity index (χ0) is 19.7. The van der Waals surface area contributed by atoms with Crippen LogP contribution in [0.5, 0.6) is 11.5 Å². The predicted molar refractivity (Wildman–Crippen MR) is 116 cm³/mol. The van der Waals surface area contributed by atoms with Gasteiger partial charge in [-0.1, -0.05) is 30.3 Å². The molecule has 2 aliphatic rings. The lowest BCUT2D eigenvalue weighted by Crippen LogP contribution is -2.41. The zero-order valence-corrected chi connectivity index (χ0v) is 17.6. The Morgan fingerprint density at radius 2 is 1.66 bits per heavy atom. The van der Waals surface area contributed by atoms with Crippen molar-refractivity contribution in [3.63, 3.8) is 0 Å². The van der Waals surface area contributed by atoms with Crippen LogP contribution in [0.15, 0.2) is 48.5 Å². The van der Waals surface area contributed by atoms with Crippen molar-refractivity contribution >= 4 is 24.0 Å². The lowest BCUT2D eigenvalue weighted by Gasteiger charge is -2.24. The van der Waals surface area contributed by atoms with Crippen LogP contribution in [0.25, 0.3) is 0 Å². The lowest BCUT2D eigenvalue weighted by molar-refractivity contribution is -0.121. The van der Waals surface area contributed by atoms with Gasteiger partial charge < -0.3 is 20.1 Å². The Morgan fingerprint density at radius 1 is 1.00 bits per heavy atom. The molecule has 3 atom stereocenters. The number of likely N-dealkylation sites (tertiary alicyclic amines) is 1. The SMILES string of the molecule is COc1cc(OC)cc(N2CCC(N3C[C@@H](N)[C@H](c4ccccc4)C3)C2=O)c1.Cl. The third kappa shape index (κ3) is 4.20. The molecule has 0 bridgehead atoms. The number of nitrogens with zero attached hydrogens (tertiary/aromatic N) is 2. The van der Waals surface area contributed by atoms with Crippen molar-refractivity contribution in [1.82, 2.24) is 4.90 Å². The lowest BCUT2D eigenvalue weighted by atomic mass is 9.95. The van der Waals surface area contributed by atoms with E-state index in [9.17, 15) is 4.79 Å². The number of methoxy groups -OCH3 is 2. The summed E-state index contributed by atoms with van der Waals surface area (Å²) in [6.07, 6.45) is 0.798. The molecule has 156 valence electrons. The molecular weight excluding hydrogens is 390 g/mol. The van der Waals surface area contributed by atoms with Crippen molar-refractivity contribution in [2.45, 2.75) is 24.4 Å². The maximum absolute atomic E-state index is 13.2. The van der Waals surface area contributed by atoms with Gasteiger partial charge in [0.1, 0.15) is 11.5 Å². The van der Waals surface area contributed by atoms with E-state index in [0.29, 0.717) is 18.0 Å². The molecule has 1 unspecified atom stereocenters. The van der Waals surface area contributed by atoms with Gasteiger partial charge in [0.05, 0.1) is 25.9 Å². The maximum Gasteiger partial charge on any atom is 0.244 e. The number of amides is 1. The molecule has 4 rings (SSSR count). The number of carbonyl (C=O) groups is 1. The minimum absolute atomic E-state index is 0. The van der Waals surface area contributed by atoms with E-state index >= 15 is 0 Å². The van der Waals surface area contributed by atoms with Gasteiger partial charge in [-0.15, -0.1) is 12.4 Å². The third-order valence-corrected chi connectivity index (χ3v) is 5.89. The van der Waals surface area contributed by atoms with Crippen LogP contribution in [0.1, 0.15) is 17.9 Å². The van der Waals surface area contributed by atoms with Crippen molar-refractivity contribution in [1.29, 1.82) is 0 Å². The Balaban J connectivity index is 0.00000240.